The van der Waals surface area contributed by atoms with Crippen molar-refractivity contribution in [3.8, 4) is 0 Å². The van der Waals surface area contributed by atoms with E-state index >= 15 is 0 Å². The number of ketones is 1. The third kappa shape index (κ3) is 8.83. The number of alkyl halides is 3. The largest absolute Gasteiger partial charge is 0.433 e. The van der Waals surface area contributed by atoms with E-state index in [9.17, 15) is 32.3 Å². The number of pyridine rings is 5. The van der Waals surface area contributed by atoms with Crippen LogP contribution in [0.3, 0.4) is 0 Å². The third-order valence-corrected chi connectivity index (χ3v) is 9.42. The van der Waals surface area contributed by atoms with Crippen molar-refractivity contribution < 1.29 is 27.6 Å². The van der Waals surface area contributed by atoms with Crippen molar-refractivity contribution in [2.75, 3.05) is 14.2 Å². The maximum atomic E-state index is 13.0. The highest BCUT2D eigenvalue weighted by Gasteiger charge is 2.32. The molecule has 16 heteroatoms. The molecule has 0 saturated carbocycles. The van der Waals surface area contributed by atoms with E-state index in [1.54, 1.807) is 59.3 Å². The van der Waals surface area contributed by atoms with Crippen molar-refractivity contribution in [2.45, 2.75) is 19.3 Å². The van der Waals surface area contributed by atoms with Gasteiger partial charge in [0.25, 0.3) is 5.91 Å². The van der Waals surface area contributed by atoms with Crippen molar-refractivity contribution in [1.82, 2.24) is 29.1 Å². The van der Waals surface area contributed by atoms with Gasteiger partial charge in [0.1, 0.15) is 20.5 Å². The average Bonchev–Trinajstić information content (AvgIpc) is 3.19. The maximum Gasteiger partial charge on any atom is 0.433 e. The molecule has 5 aromatic heterocycles. The highest BCUT2D eigenvalue weighted by molar-refractivity contribution is 9.10. The number of amides is 1. The number of carbonyl (C=O) groups is 2. The van der Waals surface area contributed by atoms with Crippen LogP contribution in [-0.2, 0) is 24.1 Å². The second-order valence-corrected chi connectivity index (χ2v) is 13.8. The van der Waals surface area contributed by atoms with Gasteiger partial charge in [-0.1, -0.05) is 36.4 Å². The van der Waals surface area contributed by atoms with E-state index in [-0.39, 0.29) is 28.7 Å². The van der Waals surface area contributed by atoms with E-state index in [1.807, 2.05) is 41.0 Å². The van der Waals surface area contributed by atoms with Gasteiger partial charge in [-0.3, -0.25) is 29.0 Å². The van der Waals surface area contributed by atoms with Crippen LogP contribution in [0.5, 0.6) is 0 Å². The fourth-order valence-electron chi connectivity index (χ4n) is 5.80. The quantitative estimate of drug-likeness (QED) is 0.0864. The third-order valence-electron chi connectivity index (χ3n) is 8.54. The highest BCUT2D eigenvalue weighted by atomic mass is 79.9. The van der Waals surface area contributed by atoms with Crippen LogP contribution in [0.15, 0.2) is 134 Å². The number of carbonyl (C=O) groups excluding carboxylic acids is 2. The molecule has 0 atom stereocenters. The SMILES string of the molecule is CON(C)C(=O)c1cn(Cc2cccc(Br)n2)c2ccccc2c1=O.O=C(c1ccc(C(F)(F)F)nc1)c1cn(Cc2cccc(Br)n2)c2ccccc2c1=O. The molecule has 7 aromatic rings. The zero-order valence-electron chi connectivity index (χ0n) is 29.5. The standard InChI is InChI=1S/C22H13BrF3N3O2.C18H16BrN3O3/c23-19-7-3-4-14(28-19)11-29-12-16(21(31)15-5-1-2-6-17(15)29)20(30)13-8-9-18(27-10-13)22(24,25)26;1-21(25-2)18(24)14-11-22(10-12-6-5-9-16(19)20-12)15-8-4-3-7-13(15)17(14)23/h1-10,12H,11H2;3-9,11H,10H2,1-2H3. The Morgan fingerprint density at radius 1 is 0.714 bits per heavy atom. The van der Waals surface area contributed by atoms with Crippen LogP contribution in [-0.4, -0.2) is 55.0 Å². The number of rotatable bonds is 8. The van der Waals surface area contributed by atoms with Crippen LogP contribution in [0, 0.1) is 0 Å². The Hall–Kier alpha value is -5.84. The predicted molar refractivity (Wildman–Crippen MR) is 210 cm³/mol. The molecule has 0 N–H and O–H groups in total. The van der Waals surface area contributed by atoms with E-state index in [0.717, 1.165) is 39.2 Å². The minimum Gasteiger partial charge on any atom is -0.340 e. The number of hydrogen-bond acceptors (Lipinski definition) is 8. The Morgan fingerprint density at radius 3 is 1.68 bits per heavy atom. The van der Waals surface area contributed by atoms with E-state index in [0.29, 0.717) is 33.1 Å². The zero-order chi connectivity index (χ0) is 40.1. The molecule has 7 rings (SSSR count). The number of para-hydroxylation sites is 2. The molecular weight excluding hydrogens is 861 g/mol. The monoisotopic (exact) mass is 888 g/mol. The number of benzene rings is 2. The molecule has 56 heavy (non-hydrogen) atoms. The molecule has 0 unspecified atom stereocenters. The summed E-state index contributed by atoms with van der Waals surface area (Å²) in [6.45, 7) is 0.711. The summed E-state index contributed by atoms with van der Waals surface area (Å²) in [5.74, 6) is -1.19. The van der Waals surface area contributed by atoms with Gasteiger partial charge in [-0.05, 0) is 92.5 Å². The van der Waals surface area contributed by atoms with Gasteiger partial charge in [0.15, 0.2) is 5.78 Å². The van der Waals surface area contributed by atoms with Crippen LogP contribution in [0.2, 0.25) is 0 Å². The molecular formula is C40H29Br2F3N6O5. The number of aromatic nitrogens is 5. The molecule has 0 bridgehead atoms. The van der Waals surface area contributed by atoms with Gasteiger partial charge >= 0.3 is 6.18 Å². The Bertz CT molecular complexity index is 2720. The molecule has 5 heterocycles. The first-order valence-corrected chi connectivity index (χ1v) is 18.2. The molecule has 11 nitrogen and oxygen atoms in total. The second kappa shape index (κ2) is 16.9. The van der Waals surface area contributed by atoms with Crippen LogP contribution >= 0.6 is 31.9 Å². The Morgan fingerprint density at radius 2 is 1.21 bits per heavy atom. The minimum absolute atomic E-state index is 0.0537. The van der Waals surface area contributed by atoms with E-state index in [4.69, 9.17) is 4.84 Å². The molecule has 0 radical (unpaired) electrons. The van der Waals surface area contributed by atoms with Crippen molar-refractivity contribution in [1.29, 1.82) is 0 Å². The van der Waals surface area contributed by atoms with Crippen LogP contribution in [0.4, 0.5) is 13.2 Å². The topological polar surface area (TPSA) is 129 Å². The van der Waals surface area contributed by atoms with Crippen LogP contribution in [0.25, 0.3) is 21.8 Å². The van der Waals surface area contributed by atoms with E-state index < -0.39 is 29.0 Å². The summed E-state index contributed by atoms with van der Waals surface area (Å²) in [5.41, 5.74) is 0.713. The lowest BCUT2D eigenvalue weighted by atomic mass is 10.0. The first-order chi connectivity index (χ1) is 26.7. The fourth-order valence-corrected chi connectivity index (χ4v) is 6.56. The number of fused-ring (bicyclic) bond motifs is 2. The summed E-state index contributed by atoms with van der Waals surface area (Å²) in [4.78, 5) is 68.2. The van der Waals surface area contributed by atoms with Gasteiger partial charge in [0.2, 0.25) is 10.9 Å². The summed E-state index contributed by atoms with van der Waals surface area (Å²) >= 11 is 6.67. The molecule has 2 aromatic carbocycles. The molecule has 0 aliphatic carbocycles. The summed E-state index contributed by atoms with van der Waals surface area (Å²) in [5, 5.41) is 1.84. The zero-order valence-corrected chi connectivity index (χ0v) is 32.7. The minimum atomic E-state index is -4.62. The predicted octanol–water partition coefficient (Wildman–Crippen LogP) is 7.69. The second-order valence-electron chi connectivity index (χ2n) is 12.2. The van der Waals surface area contributed by atoms with Gasteiger partial charge < -0.3 is 9.13 Å². The molecule has 0 aliphatic rings. The first kappa shape index (κ1) is 39.8. The summed E-state index contributed by atoms with van der Waals surface area (Å²) in [6.07, 6.45) is -0.813. The Balaban J connectivity index is 0.000000194. The van der Waals surface area contributed by atoms with Crippen LogP contribution < -0.4 is 10.9 Å². The summed E-state index contributed by atoms with van der Waals surface area (Å²) in [6, 6.07) is 26.8. The van der Waals surface area contributed by atoms with Crippen LogP contribution in [0.1, 0.15) is 43.4 Å². The average molecular weight is 891 g/mol. The van der Waals surface area contributed by atoms with Crippen molar-refractivity contribution in [3.63, 3.8) is 0 Å². The molecule has 1 amide bonds. The van der Waals surface area contributed by atoms with E-state index in [1.165, 1.54) is 20.4 Å². The van der Waals surface area contributed by atoms with Crippen molar-refractivity contribution in [2.24, 2.45) is 0 Å². The molecule has 284 valence electrons. The highest BCUT2D eigenvalue weighted by Crippen LogP contribution is 2.27. The fraction of sp³-hybridized carbons (Fsp3) is 0.125. The van der Waals surface area contributed by atoms with Crippen molar-refractivity contribution >= 4 is 65.4 Å². The Labute approximate surface area is 333 Å². The Kier molecular flexibility index (Phi) is 12.0. The number of hydroxylamine groups is 2. The smallest absolute Gasteiger partial charge is 0.340 e. The summed E-state index contributed by atoms with van der Waals surface area (Å²) in [7, 11) is 2.85. The van der Waals surface area contributed by atoms with Gasteiger partial charge in [0, 0.05) is 42.0 Å². The number of nitrogens with zero attached hydrogens (tertiary/aromatic N) is 6. The normalized spacial score (nSPS) is 11.3. The lowest BCUT2D eigenvalue weighted by Crippen LogP contribution is -2.31. The molecule has 0 spiro atoms. The lowest BCUT2D eigenvalue weighted by Gasteiger charge is -2.16. The summed E-state index contributed by atoms with van der Waals surface area (Å²) < 4.78 is 43.2. The first-order valence-electron chi connectivity index (χ1n) is 16.6. The van der Waals surface area contributed by atoms with Gasteiger partial charge in [0.05, 0.1) is 48.2 Å². The van der Waals surface area contributed by atoms with Gasteiger partial charge in [-0.2, -0.15) is 13.2 Å². The van der Waals surface area contributed by atoms with Gasteiger partial charge in [-0.15, -0.1) is 0 Å². The number of hydrogen-bond donors (Lipinski definition) is 0. The molecule has 0 aliphatic heterocycles. The molecule has 0 saturated heterocycles. The maximum absolute atomic E-state index is 13.0. The van der Waals surface area contributed by atoms with E-state index in [2.05, 4.69) is 46.8 Å². The van der Waals surface area contributed by atoms with Gasteiger partial charge in [-0.25, -0.2) is 15.0 Å². The lowest BCUT2D eigenvalue weighted by molar-refractivity contribution is -0.141. The number of halogens is 5. The van der Waals surface area contributed by atoms with Crippen molar-refractivity contribution in [3.05, 3.63) is 179 Å². The molecule has 0 fully saturated rings.